The van der Waals surface area contributed by atoms with E-state index in [1.54, 1.807) is 0 Å². The predicted octanol–water partition coefficient (Wildman–Crippen LogP) is 2.14. The van der Waals surface area contributed by atoms with Crippen molar-refractivity contribution in [3.8, 4) is 0 Å². The van der Waals surface area contributed by atoms with Crippen LogP contribution in [0.5, 0.6) is 0 Å². The number of halogens is 1. The fourth-order valence-corrected chi connectivity index (χ4v) is 2.18. The zero-order valence-electron chi connectivity index (χ0n) is 8.65. The third-order valence-corrected chi connectivity index (χ3v) is 3.09. The molecule has 2 N–H and O–H groups in total. The van der Waals surface area contributed by atoms with Crippen LogP contribution in [0.25, 0.3) is 0 Å². The molecule has 3 nitrogen and oxygen atoms in total. The number of carboxylic acids is 1. The van der Waals surface area contributed by atoms with Gasteiger partial charge in [-0.2, -0.15) is 11.8 Å². The average Bonchev–Trinajstić information content (AvgIpc) is 2.24. The number of carboxylic acid groups (broad SMARTS) is 1. The van der Waals surface area contributed by atoms with E-state index in [1.807, 2.05) is 0 Å². The molecule has 0 amide bonds. The summed E-state index contributed by atoms with van der Waals surface area (Å²) >= 11 is 1.48. The monoisotopic (exact) mass is 244 g/mol. The lowest BCUT2D eigenvalue weighted by Gasteiger charge is -2.05. The van der Waals surface area contributed by atoms with Crippen LogP contribution in [0, 0.1) is 5.82 Å². The minimum atomic E-state index is -1.04. The quantitative estimate of drug-likeness (QED) is 0.753. The topological polar surface area (TPSA) is 57.5 Å². The Labute approximate surface area is 97.3 Å². The van der Waals surface area contributed by atoms with Gasteiger partial charge in [-0.25, -0.2) is 9.18 Å². The molecule has 0 aliphatic heterocycles. The van der Waals surface area contributed by atoms with Gasteiger partial charge in [-0.3, -0.25) is 0 Å². The molecule has 0 aliphatic rings. The van der Waals surface area contributed by atoms with E-state index in [0.29, 0.717) is 17.7 Å². The highest BCUT2D eigenvalue weighted by Crippen LogP contribution is 2.18. The maximum absolute atomic E-state index is 12.9. The van der Waals surface area contributed by atoms with Gasteiger partial charge in [0.2, 0.25) is 0 Å². The van der Waals surface area contributed by atoms with Crippen molar-refractivity contribution in [1.82, 2.24) is 0 Å². The molecule has 0 atom stereocenters. The number of aliphatic hydroxyl groups excluding tert-OH is 1. The van der Waals surface area contributed by atoms with Crippen LogP contribution in [-0.2, 0) is 5.75 Å². The van der Waals surface area contributed by atoms with Crippen molar-refractivity contribution >= 4 is 17.7 Å². The van der Waals surface area contributed by atoms with Gasteiger partial charge < -0.3 is 10.2 Å². The van der Waals surface area contributed by atoms with Crippen LogP contribution in [0.4, 0.5) is 4.39 Å². The number of rotatable bonds is 6. The van der Waals surface area contributed by atoms with E-state index >= 15 is 0 Å². The van der Waals surface area contributed by atoms with Crippen LogP contribution < -0.4 is 0 Å². The van der Waals surface area contributed by atoms with E-state index in [9.17, 15) is 9.18 Å². The molecule has 0 saturated carbocycles. The molecule has 1 aromatic carbocycles. The lowest BCUT2D eigenvalue weighted by molar-refractivity contribution is 0.0696. The van der Waals surface area contributed by atoms with E-state index < -0.39 is 11.8 Å². The second-order valence-corrected chi connectivity index (χ2v) is 4.34. The first kappa shape index (κ1) is 13.0. The average molecular weight is 244 g/mol. The first-order valence-electron chi connectivity index (χ1n) is 4.85. The molecule has 1 aromatic rings. The third-order valence-electron chi connectivity index (χ3n) is 2.00. The number of aliphatic hydroxyl groups is 1. The molecule has 1 rings (SSSR count). The summed E-state index contributed by atoms with van der Waals surface area (Å²) in [7, 11) is 0. The molecule has 88 valence electrons. The smallest absolute Gasteiger partial charge is 0.335 e. The first-order chi connectivity index (χ1) is 7.65. The maximum Gasteiger partial charge on any atom is 0.335 e. The van der Waals surface area contributed by atoms with Crippen LogP contribution in [0.3, 0.4) is 0 Å². The molecular weight excluding hydrogens is 231 g/mol. The van der Waals surface area contributed by atoms with Crippen molar-refractivity contribution in [1.29, 1.82) is 0 Å². The molecule has 0 spiro atoms. The molecular formula is C11H13FO3S. The second-order valence-electron chi connectivity index (χ2n) is 3.24. The van der Waals surface area contributed by atoms with Gasteiger partial charge in [-0.05, 0) is 35.9 Å². The zero-order chi connectivity index (χ0) is 12.0. The summed E-state index contributed by atoms with van der Waals surface area (Å²) in [6.07, 6.45) is 0.655. The zero-order valence-corrected chi connectivity index (χ0v) is 9.47. The summed E-state index contributed by atoms with van der Waals surface area (Å²) in [5.74, 6) is -0.300. The number of hydrogen-bond donors (Lipinski definition) is 2. The van der Waals surface area contributed by atoms with Crippen molar-refractivity contribution in [3.05, 3.63) is 35.1 Å². The molecule has 0 unspecified atom stereocenters. The van der Waals surface area contributed by atoms with Crippen molar-refractivity contribution in [3.63, 3.8) is 0 Å². The molecule has 0 aromatic heterocycles. The van der Waals surface area contributed by atoms with Gasteiger partial charge in [-0.15, -0.1) is 0 Å². The fourth-order valence-electron chi connectivity index (χ4n) is 1.24. The molecule has 0 bridgehead atoms. The van der Waals surface area contributed by atoms with Gasteiger partial charge in [0.25, 0.3) is 0 Å². The number of hydrogen-bond acceptors (Lipinski definition) is 3. The lowest BCUT2D eigenvalue weighted by Crippen LogP contribution is -2.02. The van der Waals surface area contributed by atoms with Gasteiger partial charge >= 0.3 is 5.97 Å². The Kier molecular flexibility index (Phi) is 5.28. The molecule has 5 heteroatoms. The summed E-state index contributed by atoms with van der Waals surface area (Å²) in [6, 6.07) is 3.67. The van der Waals surface area contributed by atoms with Gasteiger partial charge in [0.15, 0.2) is 0 Å². The highest BCUT2D eigenvalue weighted by Gasteiger charge is 2.10. The number of aromatic carboxylic acids is 1. The van der Waals surface area contributed by atoms with Crippen LogP contribution in [0.2, 0.25) is 0 Å². The summed E-state index contributed by atoms with van der Waals surface area (Å²) < 4.78 is 12.9. The molecule has 0 heterocycles. The van der Waals surface area contributed by atoms with Crippen molar-refractivity contribution < 1.29 is 19.4 Å². The van der Waals surface area contributed by atoms with Crippen LogP contribution in [0.1, 0.15) is 22.3 Å². The van der Waals surface area contributed by atoms with Crippen LogP contribution in [0.15, 0.2) is 18.2 Å². The van der Waals surface area contributed by atoms with Gasteiger partial charge in [0, 0.05) is 12.4 Å². The van der Waals surface area contributed by atoms with Gasteiger partial charge in [0.05, 0.1) is 5.56 Å². The molecule has 0 fully saturated rings. The van der Waals surface area contributed by atoms with E-state index in [2.05, 4.69) is 0 Å². The number of benzene rings is 1. The fraction of sp³-hybridized carbons (Fsp3) is 0.364. The Bertz CT molecular complexity index is 368. The van der Waals surface area contributed by atoms with Crippen LogP contribution in [-0.4, -0.2) is 28.5 Å². The first-order valence-corrected chi connectivity index (χ1v) is 6.01. The van der Waals surface area contributed by atoms with Crippen molar-refractivity contribution in [2.24, 2.45) is 0 Å². The maximum atomic E-state index is 12.9. The van der Waals surface area contributed by atoms with Crippen molar-refractivity contribution in [2.45, 2.75) is 12.2 Å². The Morgan fingerprint density at radius 3 is 2.81 bits per heavy atom. The minimum absolute atomic E-state index is 0.113. The Morgan fingerprint density at radius 2 is 2.19 bits per heavy atom. The van der Waals surface area contributed by atoms with E-state index in [-0.39, 0.29) is 12.2 Å². The SMILES string of the molecule is O=C(O)c1ccc(F)cc1CSCCCO. The Balaban J connectivity index is 2.68. The van der Waals surface area contributed by atoms with Gasteiger partial charge in [-0.1, -0.05) is 0 Å². The Morgan fingerprint density at radius 1 is 1.44 bits per heavy atom. The summed E-state index contributed by atoms with van der Waals surface area (Å²) in [5, 5.41) is 17.5. The second kappa shape index (κ2) is 6.50. The molecule has 0 aliphatic carbocycles. The highest BCUT2D eigenvalue weighted by molar-refractivity contribution is 7.98. The standard InChI is InChI=1S/C11H13FO3S/c12-9-2-3-10(11(14)15)8(6-9)7-16-5-1-4-13/h2-3,6,13H,1,4-5,7H2,(H,14,15). The number of carbonyl (C=O) groups is 1. The van der Waals surface area contributed by atoms with Gasteiger partial charge in [0.1, 0.15) is 5.82 Å². The summed E-state index contributed by atoms with van der Waals surface area (Å²) in [5.41, 5.74) is 0.619. The molecule has 0 saturated heterocycles. The van der Waals surface area contributed by atoms with E-state index in [0.717, 1.165) is 11.8 Å². The summed E-state index contributed by atoms with van der Waals surface area (Å²) in [6.45, 7) is 0.113. The number of thioether (sulfide) groups is 1. The highest BCUT2D eigenvalue weighted by atomic mass is 32.2. The van der Waals surface area contributed by atoms with Crippen molar-refractivity contribution in [2.75, 3.05) is 12.4 Å². The molecule has 0 radical (unpaired) electrons. The largest absolute Gasteiger partial charge is 0.478 e. The van der Waals surface area contributed by atoms with Crippen LogP contribution >= 0.6 is 11.8 Å². The molecule has 16 heavy (non-hydrogen) atoms. The normalized spacial score (nSPS) is 10.4. The summed E-state index contributed by atoms with van der Waals surface area (Å²) in [4.78, 5) is 10.9. The van der Waals surface area contributed by atoms with E-state index in [4.69, 9.17) is 10.2 Å². The third kappa shape index (κ3) is 3.83. The Hall–Kier alpha value is -1.07. The predicted molar refractivity (Wildman–Crippen MR) is 61.2 cm³/mol. The van der Waals surface area contributed by atoms with E-state index in [1.165, 1.54) is 23.9 Å². The minimum Gasteiger partial charge on any atom is -0.478 e. The lowest BCUT2D eigenvalue weighted by atomic mass is 10.1.